The number of thiocarbonyl (C=S) groups is 1. The van der Waals surface area contributed by atoms with Gasteiger partial charge in [0.05, 0.1) is 11.7 Å². The Labute approximate surface area is 175 Å². The fourth-order valence-corrected chi connectivity index (χ4v) is 4.37. The zero-order chi connectivity index (χ0) is 19.8. The van der Waals surface area contributed by atoms with Gasteiger partial charge in [0.25, 0.3) is 0 Å². The van der Waals surface area contributed by atoms with Crippen molar-refractivity contribution in [2.24, 2.45) is 0 Å². The summed E-state index contributed by atoms with van der Waals surface area (Å²) in [4.78, 5) is 6.73. The molecule has 1 fully saturated rings. The monoisotopic (exact) mass is 411 g/mol. The van der Waals surface area contributed by atoms with Crippen LogP contribution in [0.1, 0.15) is 42.9 Å². The van der Waals surface area contributed by atoms with Crippen LogP contribution in [0.15, 0.2) is 59.1 Å². The van der Waals surface area contributed by atoms with Crippen molar-refractivity contribution in [2.45, 2.75) is 38.9 Å². The maximum atomic E-state index is 6.34. The Bertz CT molecular complexity index is 1000. The molecule has 0 radical (unpaired) electrons. The van der Waals surface area contributed by atoms with Crippen LogP contribution in [0.25, 0.3) is 11.3 Å². The number of nitrogens with one attached hydrogen (secondary N) is 1. The summed E-state index contributed by atoms with van der Waals surface area (Å²) in [6.45, 7) is 6.32. The predicted molar refractivity (Wildman–Crippen MR) is 116 cm³/mol. The average molecular weight is 412 g/mol. The number of benzene rings is 1. The predicted octanol–water partition coefficient (Wildman–Crippen LogP) is 5.68. The molecular formula is C22H22ClN3OS. The Kier molecular flexibility index (Phi) is 5.13. The van der Waals surface area contributed by atoms with Crippen molar-refractivity contribution in [1.82, 2.24) is 15.2 Å². The molecule has 0 amide bonds. The van der Waals surface area contributed by atoms with Gasteiger partial charge in [-0.05, 0) is 75.0 Å². The largest absolute Gasteiger partial charge is 0.459 e. The molecule has 6 heteroatoms. The number of nitrogens with zero attached hydrogens (tertiary/aromatic N) is 2. The molecular weight excluding hydrogens is 390 g/mol. The number of hydrogen-bond acceptors (Lipinski definition) is 3. The lowest BCUT2D eigenvalue weighted by molar-refractivity contribution is 0.237. The van der Waals surface area contributed by atoms with Crippen LogP contribution >= 0.6 is 23.8 Å². The van der Waals surface area contributed by atoms with Gasteiger partial charge in [0.2, 0.25) is 0 Å². The number of hydrogen-bond donors (Lipinski definition) is 1. The molecule has 0 saturated carbocycles. The van der Waals surface area contributed by atoms with Gasteiger partial charge in [-0.1, -0.05) is 23.7 Å². The molecule has 2 atom stereocenters. The van der Waals surface area contributed by atoms with Gasteiger partial charge in [-0.15, -0.1) is 0 Å². The maximum absolute atomic E-state index is 6.34. The smallest absolute Gasteiger partial charge is 0.170 e. The van der Waals surface area contributed by atoms with Crippen molar-refractivity contribution < 1.29 is 4.42 Å². The van der Waals surface area contributed by atoms with Crippen LogP contribution in [0.3, 0.4) is 0 Å². The fraction of sp³-hybridized carbons (Fsp3) is 0.273. The van der Waals surface area contributed by atoms with E-state index in [1.807, 2.05) is 48.5 Å². The lowest BCUT2D eigenvalue weighted by atomic mass is 10.0. The van der Waals surface area contributed by atoms with Gasteiger partial charge in [0.1, 0.15) is 17.6 Å². The average Bonchev–Trinajstić information content (AvgIpc) is 3.28. The Morgan fingerprint density at radius 2 is 2.00 bits per heavy atom. The molecule has 1 saturated heterocycles. The second-order valence-corrected chi connectivity index (χ2v) is 8.11. The second-order valence-electron chi connectivity index (χ2n) is 7.29. The van der Waals surface area contributed by atoms with Gasteiger partial charge >= 0.3 is 0 Å². The molecule has 1 N–H and O–H groups in total. The van der Waals surface area contributed by atoms with E-state index in [0.29, 0.717) is 10.1 Å². The Morgan fingerprint density at radius 3 is 2.71 bits per heavy atom. The van der Waals surface area contributed by atoms with Crippen LogP contribution in [-0.2, 0) is 0 Å². The highest BCUT2D eigenvalue weighted by Crippen LogP contribution is 2.41. The quantitative estimate of drug-likeness (QED) is 0.559. The molecule has 1 aliphatic heterocycles. The minimum absolute atomic E-state index is 0.0735. The fourth-order valence-electron chi connectivity index (χ4n) is 3.74. The van der Waals surface area contributed by atoms with Gasteiger partial charge in [0.15, 0.2) is 5.11 Å². The lowest BCUT2D eigenvalue weighted by Crippen LogP contribution is -2.35. The molecule has 28 heavy (non-hydrogen) atoms. The van der Waals surface area contributed by atoms with Crippen molar-refractivity contribution in [2.75, 3.05) is 0 Å². The first-order valence-corrected chi connectivity index (χ1v) is 10.1. The third kappa shape index (κ3) is 3.40. The molecule has 4 nitrogen and oxygen atoms in total. The summed E-state index contributed by atoms with van der Waals surface area (Å²) in [7, 11) is 0. The van der Waals surface area contributed by atoms with Crippen LogP contribution in [-0.4, -0.2) is 21.0 Å². The van der Waals surface area contributed by atoms with E-state index in [9.17, 15) is 0 Å². The van der Waals surface area contributed by atoms with E-state index in [-0.39, 0.29) is 18.1 Å². The van der Waals surface area contributed by atoms with Crippen LogP contribution in [0, 0.1) is 6.92 Å². The summed E-state index contributed by atoms with van der Waals surface area (Å²) in [5.41, 5.74) is 3.06. The molecule has 0 aliphatic carbocycles. The molecule has 0 bridgehead atoms. The Morgan fingerprint density at radius 1 is 1.18 bits per heavy atom. The van der Waals surface area contributed by atoms with E-state index in [2.05, 4.69) is 36.0 Å². The second kappa shape index (κ2) is 7.57. The minimum atomic E-state index is -0.0736. The first-order valence-electron chi connectivity index (χ1n) is 9.31. The van der Waals surface area contributed by atoms with Gasteiger partial charge in [-0.2, -0.15) is 0 Å². The minimum Gasteiger partial charge on any atom is -0.459 e. The van der Waals surface area contributed by atoms with Gasteiger partial charge in [0, 0.05) is 22.8 Å². The zero-order valence-electron chi connectivity index (χ0n) is 16.0. The summed E-state index contributed by atoms with van der Waals surface area (Å²) < 4.78 is 6.34. The Balaban J connectivity index is 1.77. The van der Waals surface area contributed by atoms with Gasteiger partial charge in [-0.3, -0.25) is 4.98 Å². The summed E-state index contributed by atoms with van der Waals surface area (Å²) in [6.07, 6.45) is 1.80. The Hall–Kier alpha value is -2.37. The normalized spacial score (nSPS) is 19.3. The van der Waals surface area contributed by atoms with E-state index in [0.717, 1.165) is 28.3 Å². The van der Waals surface area contributed by atoms with E-state index < -0.39 is 0 Å². The molecule has 144 valence electrons. The summed E-state index contributed by atoms with van der Waals surface area (Å²) >= 11 is 11.8. The first kappa shape index (κ1) is 19.0. The topological polar surface area (TPSA) is 41.3 Å². The number of pyridine rings is 1. The van der Waals surface area contributed by atoms with Crippen molar-refractivity contribution >= 4 is 28.9 Å². The van der Waals surface area contributed by atoms with E-state index in [1.165, 1.54) is 0 Å². The van der Waals surface area contributed by atoms with Crippen molar-refractivity contribution in [3.63, 3.8) is 0 Å². The highest BCUT2D eigenvalue weighted by molar-refractivity contribution is 7.80. The molecule has 1 aromatic carbocycles. The third-order valence-electron chi connectivity index (χ3n) is 5.08. The van der Waals surface area contributed by atoms with Crippen LogP contribution in [0.4, 0.5) is 0 Å². The maximum Gasteiger partial charge on any atom is 0.170 e. The highest BCUT2D eigenvalue weighted by atomic mass is 35.5. The molecule has 4 rings (SSSR count). The summed E-state index contributed by atoms with van der Waals surface area (Å²) in [5, 5.41) is 4.84. The SMILES string of the molecule is Cc1ccc(Cl)cc1-c1ccc(C2C(c3ccccn3)NC(=S)N2C(C)C)o1. The molecule has 2 aromatic heterocycles. The van der Waals surface area contributed by atoms with E-state index >= 15 is 0 Å². The number of aryl methyl sites for hydroxylation is 1. The van der Waals surface area contributed by atoms with Crippen LogP contribution < -0.4 is 5.32 Å². The molecule has 0 spiro atoms. The number of halogens is 1. The lowest BCUT2D eigenvalue weighted by Gasteiger charge is -2.29. The van der Waals surface area contributed by atoms with E-state index in [1.54, 1.807) is 6.20 Å². The number of rotatable bonds is 4. The van der Waals surface area contributed by atoms with Crippen LogP contribution in [0.5, 0.6) is 0 Å². The number of furan rings is 1. The molecule has 1 aliphatic rings. The van der Waals surface area contributed by atoms with Crippen molar-refractivity contribution in [3.05, 3.63) is 76.8 Å². The first-order chi connectivity index (χ1) is 13.5. The number of aromatic nitrogens is 1. The zero-order valence-corrected chi connectivity index (χ0v) is 17.6. The molecule has 2 unspecified atom stereocenters. The summed E-state index contributed by atoms with van der Waals surface area (Å²) in [6, 6.07) is 15.9. The van der Waals surface area contributed by atoms with Crippen LogP contribution in [0.2, 0.25) is 5.02 Å². The molecule has 3 heterocycles. The summed E-state index contributed by atoms with van der Waals surface area (Å²) in [5.74, 6) is 1.65. The van der Waals surface area contributed by atoms with Crippen molar-refractivity contribution in [3.8, 4) is 11.3 Å². The standard InChI is InChI=1S/C22H22ClN3OS/c1-13(2)26-21(20(25-22(26)28)17-6-4-5-11-24-17)19-10-9-18(27-19)16-12-15(23)8-7-14(16)3/h4-13,20-21H,1-3H3,(H,25,28). The molecule has 3 aromatic rings. The third-order valence-corrected chi connectivity index (χ3v) is 5.64. The van der Waals surface area contributed by atoms with E-state index in [4.69, 9.17) is 28.2 Å². The highest BCUT2D eigenvalue weighted by Gasteiger charge is 2.42. The van der Waals surface area contributed by atoms with Crippen molar-refractivity contribution in [1.29, 1.82) is 0 Å². The van der Waals surface area contributed by atoms with Gasteiger partial charge in [-0.25, -0.2) is 0 Å². The van der Waals surface area contributed by atoms with Gasteiger partial charge < -0.3 is 14.6 Å².